The molecule has 0 aliphatic carbocycles. The fourth-order valence-electron chi connectivity index (χ4n) is 5.21. The van der Waals surface area contributed by atoms with Gasteiger partial charge in [-0.25, -0.2) is 4.79 Å². The first-order chi connectivity index (χ1) is 20.3. The standard InChI is InChI=1S/C35H32N2O4S/c1-5-37-32-17-15-25(34(39)28-14-10-9-11-22(28)2)20-29(32)30-21-26(16-18-33(30)37)35(40)31(36-41-24(4)38)19-23(3)42-27-12-7-6-8-13-27/h6-18,20-21,23H,5,19H2,1-4H3. The van der Waals surface area contributed by atoms with E-state index in [0.29, 0.717) is 23.1 Å². The molecule has 1 aromatic heterocycles. The van der Waals surface area contributed by atoms with Crippen LogP contribution in [0.2, 0.25) is 0 Å². The Kier molecular flexibility index (Phi) is 8.69. The van der Waals surface area contributed by atoms with Crippen molar-refractivity contribution in [2.24, 2.45) is 5.16 Å². The van der Waals surface area contributed by atoms with Crippen molar-refractivity contribution in [1.82, 2.24) is 4.57 Å². The fourth-order valence-corrected chi connectivity index (χ4v) is 6.23. The van der Waals surface area contributed by atoms with Crippen LogP contribution in [0.4, 0.5) is 0 Å². The predicted molar refractivity (Wildman–Crippen MR) is 170 cm³/mol. The van der Waals surface area contributed by atoms with Crippen LogP contribution >= 0.6 is 11.8 Å². The number of hydrogen-bond acceptors (Lipinski definition) is 6. The third-order valence-corrected chi connectivity index (χ3v) is 8.32. The smallest absolute Gasteiger partial charge is 0.331 e. The number of Topliss-reactive ketones (excluding diaryl/α,β-unsaturated/α-hetero) is 1. The van der Waals surface area contributed by atoms with Crippen LogP contribution in [0.15, 0.2) is 101 Å². The molecule has 1 unspecified atom stereocenters. The lowest BCUT2D eigenvalue weighted by molar-refractivity contribution is -0.140. The molecule has 0 saturated heterocycles. The van der Waals surface area contributed by atoms with Gasteiger partial charge in [-0.15, -0.1) is 11.8 Å². The van der Waals surface area contributed by atoms with Gasteiger partial charge in [0.2, 0.25) is 5.78 Å². The van der Waals surface area contributed by atoms with Gasteiger partial charge in [-0.3, -0.25) is 9.59 Å². The maximum absolute atomic E-state index is 13.8. The van der Waals surface area contributed by atoms with E-state index in [1.807, 2.05) is 98.8 Å². The molecular formula is C35H32N2O4S. The largest absolute Gasteiger partial charge is 0.341 e. The molecule has 42 heavy (non-hydrogen) atoms. The molecule has 0 spiro atoms. The number of aromatic nitrogens is 1. The summed E-state index contributed by atoms with van der Waals surface area (Å²) in [7, 11) is 0. The van der Waals surface area contributed by atoms with Crippen molar-refractivity contribution in [2.75, 3.05) is 0 Å². The van der Waals surface area contributed by atoms with Crippen LogP contribution in [0, 0.1) is 6.92 Å². The Morgan fingerprint density at radius 3 is 2.12 bits per heavy atom. The van der Waals surface area contributed by atoms with Crippen molar-refractivity contribution in [3.05, 3.63) is 113 Å². The Balaban J connectivity index is 1.53. The highest BCUT2D eigenvalue weighted by molar-refractivity contribution is 8.00. The van der Waals surface area contributed by atoms with E-state index in [0.717, 1.165) is 38.8 Å². The molecule has 5 rings (SSSR count). The summed E-state index contributed by atoms with van der Waals surface area (Å²) in [5.74, 6) is -0.931. The van der Waals surface area contributed by atoms with E-state index >= 15 is 0 Å². The summed E-state index contributed by atoms with van der Waals surface area (Å²) in [6.07, 6.45) is 0.315. The highest BCUT2D eigenvalue weighted by Crippen LogP contribution is 2.32. The molecule has 0 radical (unpaired) electrons. The first kappa shape index (κ1) is 29.0. The van der Waals surface area contributed by atoms with Crippen LogP contribution in [-0.2, 0) is 16.2 Å². The number of nitrogens with zero attached hydrogens (tertiary/aromatic N) is 2. The van der Waals surface area contributed by atoms with Crippen molar-refractivity contribution < 1.29 is 19.2 Å². The van der Waals surface area contributed by atoms with Crippen LogP contribution in [-0.4, -0.2) is 33.1 Å². The zero-order chi connectivity index (χ0) is 29.8. The second kappa shape index (κ2) is 12.6. The average Bonchev–Trinajstić information content (AvgIpc) is 3.31. The monoisotopic (exact) mass is 576 g/mol. The summed E-state index contributed by atoms with van der Waals surface area (Å²) < 4.78 is 2.17. The van der Waals surface area contributed by atoms with E-state index in [1.165, 1.54) is 6.92 Å². The number of hydrogen-bond donors (Lipinski definition) is 0. The van der Waals surface area contributed by atoms with Crippen molar-refractivity contribution >= 4 is 56.8 Å². The minimum Gasteiger partial charge on any atom is -0.341 e. The lowest BCUT2D eigenvalue weighted by atomic mass is 9.97. The SMILES string of the molecule is CCn1c2ccc(C(=O)C(CC(C)Sc3ccccc3)=NOC(C)=O)cc2c2cc(C(=O)c3ccccc3C)ccc21. The van der Waals surface area contributed by atoms with Gasteiger partial charge in [-0.1, -0.05) is 54.5 Å². The summed E-state index contributed by atoms with van der Waals surface area (Å²) in [5.41, 5.74) is 4.75. The molecule has 6 nitrogen and oxygen atoms in total. The molecule has 4 aromatic carbocycles. The van der Waals surface area contributed by atoms with Gasteiger partial charge < -0.3 is 9.40 Å². The summed E-state index contributed by atoms with van der Waals surface area (Å²) >= 11 is 1.62. The van der Waals surface area contributed by atoms with Crippen molar-refractivity contribution in [3.63, 3.8) is 0 Å². The Morgan fingerprint density at radius 2 is 1.48 bits per heavy atom. The molecule has 0 bridgehead atoms. The zero-order valence-corrected chi connectivity index (χ0v) is 24.9. The molecule has 0 aliphatic heterocycles. The minimum atomic E-state index is -0.587. The van der Waals surface area contributed by atoms with Crippen LogP contribution in [0.1, 0.15) is 59.0 Å². The van der Waals surface area contributed by atoms with Crippen molar-refractivity contribution in [2.45, 2.75) is 50.8 Å². The quantitative estimate of drug-likeness (QED) is 0.0553. The normalized spacial score (nSPS) is 12.4. The van der Waals surface area contributed by atoms with Crippen LogP contribution in [0.3, 0.4) is 0 Å². The third-order valence-electron chi connectivity index (χ3n) is 7.20. The molecule has 7 heteroatoms. The number of benzene rings is 4. The van der Waals surface area contributed by atoms with E-state index in [2.05, 4.69) is 16.6 Å². The van der Waals surface area contributed by atoms with Gasteiger partial charge in [-0.2, -0.15) is 0 Å². The topological polar surface area (TPSA) is 77.7 Å². The van der Waals surface area contributed by atoms with Crippen molar-refractivity contribution in [1.29, 1.82) is 0 Å². The molecular weight excluding hydrogens is 544 g/mol. The molecule has 212 valence electrons. The lowest BCUT2D eigenvalue weighted by Crippen LogP contribution is -2.19. The summed E-state index contributed by atoms with van der Waals surface area (Å²) in [6, 6.07) is 28.8. The van der Waals surface area contributed by atoms with Crippen LogP contribution < -0.4 is 0 Å². The number of carbonyl (C=O) groups is 3. The third kappa shape index (κ3) is 6.06. The number of thioether (sulfide) groups is 1. The van der Waals surface area contributed by atoms with E-state index in [1.54, 1.807) is 17.8 Å². The van der Waals surface area contributed by atoms with Gasteiger partial charge in [-0.05, 0) is 67.9 Å². The average molecular weight is 577 g/mol. The second-order valence-electron chi connectivity index (χ2n) is 10.2. The van der Waals surface area contributed by atoms with Gasteiger partial charge in [0.15, 0.2) is 5.78 Å². The molecule has 1 heterocycles. The van der Waals surface area contributed by atoms with E-state index in [-0.39, 0.29) is 22.5 Å². The van der Waals surface area contributed by atoms with E-state index in [9.17, 15) is 14.4 Å². The maximum Gasteiger partial charge on any atom is 0.331 e. The Hall–Kier alpha value is -4.49. The van der Waals surface area contributed by atoms with Gasteiger partial charge in [0.25, 0.3) is 0 Å². The highest BCUT2D eigenvalue weighted by Gasteiger charge is 2.22. The number of ketones is 2. The second-order valence-corrected chi connectivity index (χ2v) is 11.8. The molecule has 0 aliphatic rings. The molecule has 0 fully saturated rings. The van der Waals surface area contributed by atoms with E-state index < -0.39 is 5.97 Å². The number of oxime groups is 1. The predicted octanol–water partition coefficient (Wildman–Crippen LogP) is 8.03. The summed E-state index contributed by atoms with van der Waals surface area (Å²) in [5, 5.41) is 5.75. The molecule has 5 aromatic rings. The molecule has 0 saturated carbocycles. The number of carbonyl (C=O) groups excluding carboxylic acids is 3. The summed E-state index contributed by atoms with van der Waals surface area (Å²) in [6.45, 7) is 8.00. The number of rotatable bonds is 10. The van der Waals surface area contributed by atoms with E-state index in [4.69, 9.17) is 4.84 Å². The summed E-state index contributed by atoms with van der Waals surface area (Å²) in [4.78, 5) is 44.8. The van der Waals surface area contributed by atoms with Crippen LogP contribution in [0.5, 0.6) is 0 Å². The highest BCUT2D eigenvalue weighted by atomic mass is 32.2. The van der Waals surface area contributed by atoms with Gasteiger partial charge in [0.1, 0.15) is 5.71 Å². The Labute approximate surface area is 249 Å². The Bertz CT molecular complexity index is 1840. The Morgan fingerprint density at radius 1 is 0.857 bits per heavy atom. The van der Waals surface area contributed by atoms with Crippen LogP contribution in [0.25, 0.3) is 21.8 Å². The van der Waals surface area contributed by atoms with Gasteiger partial charge in [0.05, 0.1) is 0 Å². The maximum atomic E-state index is 13.8. The fraction of sp³-hybridized carbons (Fsp3) is 0.200. The first-order valence-electron chi connectivity index (χ1n) is 13.9. The zero-order valence-electron chi connectivity index (χ0n) is 24.1. The van der Waals surface area contributed by atoms with Gasteiger partial charge in [0, 0.05) is 68.5 Å². The molecule has 1 atom stereocenters. The minimum absolute atomic E-state index is 0.00593. The van der Waals surface area contributed by atoms with Gasteiger partial charge >= 0.3 is 5.97 Å². The van der Waals surface area contributed by atoms with Crippen molar-refractivity contribution in [3.8, 4) is 0 Å². The number of fused-ring (bicyclic) bond motifs is 3. The molecule has 0 amide bonds. The number of aryl methyl sites for hydroxylation is 2. The lowest BCUT2D eigenvalue weighted by Gasteiger charge is -2.12. The molecule has 0 N–H and O–H groups in total. The first-order valence-corrected chi connectivity index (χ1v) is 14.8.